The van der Waals surface area contributed by atoms with Gasteiger partial charge in [-0.05, 0) is 51.8 Å². The number of carbonyl (C=O) groups is 2. The highest BCUT2D eigenvalue weighted by molar-refractivity contribution is 7.89. The van der Waals surface area contributed by atoms with Gasteiger partial charge in [-0.1, -0.05) is 0 Å². The summed E-state index contributed by atoms with van der Waals surface area (Å²) in [6, 6.07) is 3.67. The highest BCUT2D eigenvalue weighted by Crippen LogP contribution is 2.36. The molecular formula is C18H22N2O7S. The lowest BCUT2D eigenvalue weighted by Gasteiger charge is -2.27. The Bertz CT molecular complexity index is 1050. The molecule has 1 aromatic carbocycles. The molecule has 0 bridgehead atoms. The zero-order chi connectivity index (χ0) is 20.9. The number of hydrogen-bond acceptors (Lipinski definition) is 6. The predicted molar refractivity (Wildman–Crippen MR) is 100 cm³/mol. The number of ether oxygens (including phenoxy) is 2. The Hall–Kier alpha value is -2.75. The highest BCUT2D eigenvalue weighted by Gasteiger charge is 2.44. The number of nitrogens with zero attached hydrogens (tertiary/aromatic N) is 2. The van der Waals surface area contributed by atoms with Crippen molar-refractivity contribution < 1.29 is 32.6 Å². The van der Waals surface area contributed by atoms with Crippen molar-refractivity contribution in [2.45, 2.75) is 50.2 Å². The first kappa shape index (κ1) is 20.0. The molecule has 1 N–H and O–H groups in total. The van der Waals surface area contributed by atoms with Crippen LogP contribution in [-0.2, 0) is 14.8 Å². The van der Waals surface area contributed by atoms with Gasteiger partial charge < -0.3 is 14.6 Å². The van der Waals surface area contributed by atoms with Gasteiger partial charge in [0.25, 0.3) is 10.0 Å². The maximum absolute atomic E-state index is 13.2. The van der Waals surface area contributed by atoms with E-state index in [1.54, 1.807) is 20.8 Å². The second-order valence-corrected chi connectivity index (χ2v) is 9.37. The number of methoxy groups -OCH3 is 1. The molecule has 1 aromatic heterocycles. The van der Waals surface area contributed by atoms with Crippen LogP contribution in [0.15, 0.2) is 29.3 Å². The van der Waals surface area contributed by atoms with E-state index in [4.69, 9.17) is 9.47 Å². The Morgan fingerprint density at radius 2 is 1.89 bits per heavy atom. The zero-order valence-corrected chi connectivity index (χ0v) is 16.8. The number of carbonyl (C=O) groups excluding carboxylic acids is 1. The first-order chi connectivity index (χ1) is 13.0. The number of amides is 1. The lowest BCUT2D eigenvalue weighted by atomic mass is 10.2. The Kier molecular flexibility index (Phi) is 4.78. The molecule has 28 heavy (non-hydrogen) atoms. The number of aromatic nitrogens is 1. The van der Waals surface area contributed by atoms with Crippen molar-refractivity contribution in [3.05, 3.63) is 24.4 Å². The van der Waals surface area contributed by atoms with Gasteiger partial charge in [-0.15, -0.1) is 0 Å². The van der Waals surface area contributed by atoms with E-state index in [-0.39, 0.29) is 10.8 Å². The molecule has 1 heterocycles. The van der Waals surface area contributed by atoms with E-state index in [1.165, 1.54) is 31.5 Å². The van der Waals surface area contributed by atoms with Crippen molar-refractivity contribution in [3.8, 4) is 5.88 Å². The maximum Gasteiger partial charge on any atom is 0.424 e. The van der Waals surface area contributed by atoms with Crippen molar-refractivity contribution >= 4 is 33.0 Å². The minimum Gasteiger partial charge on any atom is -0.481 e. The fraction of sp³-hybridized carbons (Fsp3) is 0.444. The summed E-state index contributed by atoms with van der Waals surface area (Å²) in [4.78, 5) is 23.8. The third-order valence-electron chi connectivity index (χ3n) is 4.15. The highest BCUT2D eigenvalue weighted by atomic mass is 32.2. The number of sulfonamides is 1. The molecule has 10 heteroatoms. The average molecular weight is 410 g/mol. The van der Waals surface area contributed by atoms with Crippen LogP contribution >= 0.6 is 0 Å². The van der Waals surface area contributed by atoms with E-state index in [0.717, 1.165) is 8.87 Å². The number of rotatable bonds is 4. The fourth-order valence-electron chi connectivity index (χ4n) is 2.85. The molecule has 0 radical (unpaired) electrons. The largest absolute Gasteiger partial charge is 0.481 e. The summed E-state index contributed by atoms with van der Waals surface area (Å²) < 4.78 is 38.3. The van der Waals surface area contributed by atoms with Gasteiger partial charge in [0.05, 0.1) is 18.0 Å². The molecule has 1 aliphatic carbocycles. The average Bonchev–Trinajstić information content (AvgIpc) is 3.30. The summed E-state index contributed by atoms with van der Waals surface area (Å²) in [6.45, 7) is 4.99. The standard InChI is InChI=1S/C18H22N2O7S/c1-18(2,3)27-17(23)20(12-5-6-12)28(24,25)13-7-8-14-11(9-13)10-19(16(21)22)15(14)26-4/h7-10,12H,5-6H2,1-4H3,(H,21,22). The Morgan fingerprint density at radius 3 is 2.39 bits per heavy atom. The van der Waals surface area contributed by atoms with Gasteiger partial charge in [-0.25, -0.2) is 22.6 Å². The van der Waals surface area contributed by atoms with Crippen LogP contribution in [0.1, 0.15) is 33.6 Å². The van der Waals surface area contributed by atoms with Crippen molar-refractivity contribution in [2.75, 3.05) is 7.11 Å². The summed E-state index contributed by atoms with van der Waals surface area (Å²) in [5.74, 6) is 0.0811. The van der Waals surface area contributed by atoms with Gasteiger partial charge in [-0.2, -0.15) is 4.31 Å². The molecular weight excluding hydrogens is 388 g/mol. The van der Waals surface area contributed by atoms with Crippen LogP contribution in [0, 0.1) is 0 Å². The normalized spacial score (nSPS) is 14.7. The van der Waals surface area contributed by atoms with E-state index in [2.05, 4.69) is 0 Å². The second kappa shape index (κ2) is 6.69. The molecule has 0 saturated heterocycles. The van der Waals surface area contributed by atoms with Crippen LogP contribution in [0.25, 0.3) is 10.8 Å². The first-order valence-corrected chi connectivity index (χ1v) is 10.1. The van der Waals surface area contributed by atoms with Gasteiger partial charge >= 0.3 is 12.2 Å². The molecule has 1 aliphatic rings. The van der Waals surface area contributed by atoms with Crippen LogP contribution in [0.2, 0.25) is 0 Å². The molecule has 152 valence electrons. The van der Waals surface area contributed by atoms with E-state index >= 15 is 0 Å². The fourth-order valence-corrected chi connectivity index (χ4v) is 4.43. The molecule has 0 unspecified atom stereocenters. The minimum absolute atomic E-state index is 0.0811. The third-order valence-corrected chi connectivity index (χ3v) is 5.96. The predicted octanol–water partition coefficient (Wildman–Crippen LogP) is 3.26. The van der Waals surface area contributed by atoms with Crippen molar-refractivity contribution in [1.82, 2.24) is 8.87 Å². The first-order valence-electron chi connectivity index (χ1n) is 8.65. The quantitative estimate of drug-likeness (QED) is 0.822. The van der Waals surface area contributed by atoms with Gasteiger partial charge in [-0.3, -0.25) is 0 Å². The molecule has 0 atom stereocenters. The van der Waals surface area contributed by atoms with Gasteiger partial charge in [0.1, 0.15) is 5.60 Å². The SMILES string of the molecule is COc1c2ccc(S(=O)(=O)N(C(=O)OC(C)(C)C)C3CC3)cc2cn1C(=O)O. The number of benzene rings is 1. The minimum atomic E-state index is -4.17. The lowest BCUT2D eigenvalue weighted by Crippen LogP contribution is -2.42. The molecule has 3 rings (SSSR count). The Balaban J connectivity index is 2.06. The summed E-state index contributed by atoms with van der Waals surface area (Å²) in [6.07, 6.45) is 0.236. The van der Waals surface area contributed by atoms with Crippen LogP contribution in [0.4, 0.5) is 9.59 Å². The van der Waals surface area contributed by atoms with Crippen molar-refractivity contribution in [2.24, 2.45) is 0 Å². The van der Waals surface area contributed by atoms with Crippen LogP contribution in [0.5, 0.6) is 5.88 Å². The molecule has 0 spiro atoms. The Morgan fingerprint density at radius 1 is 1.25 bits per heavy atom. The van der Waals surface area contributed by atoms with E-state index in [0.29, 0.717) is 23.6 Å². The summed E-state index contributed by atoms with van der Waals surface area (Å²) in [7, 11) is -2.84. The van der Waals surface area contributed by atoms with Crippen LogP contribution < -0.4 is 4.74 Å². The third kappa shape index (κ3) is 3.64. The van der Waals surface area contributed by atoms with Crippen LogP contribution in [0.3, 0.4) is 0 Å². The molecule has 0 aliphatic heterocycles. The number of fused-ring (bicyclic) bond motifs is 1. The molecule has 1 saturated carbocycles. The molecule has 1 amide bonds. The number of hydrogen-bond donors (Lipinski definition) is 1. The molecule has 1 fully saturated rings. The van der Waals surface area contributed by atoms with Crippen molar-refractivity contribution in [1.29, 1.82) is 0 Å². The van der Waals surface area contributed by atoms with Gasteiger partial charge in [0.2, 0.25) is 5.88 Å². The van der Waals surface area contributed by atoms with Gasteiger partial charge in [0, 0.05) is 17.0 Å². The zero-order valence-electron chi connectivity index (χ0n) is 16.0. The smallest absolute Gasteiger partial charge is 0.424 e. The Labute approximate surface area is 162 Å². The maximum atomic E-state index is 13.2. The summed E-state index contributed by atoms with van der Waals surface area (Å²) >= 11 is 0. The summed E-state index contributed by atoms with van der Waals surface area (Å²) in [5.41, 5.74) is -0.838. The van der Waals surface area contributed by atoms with E-state index in [1.807, 2.05) is 0 Å². The lowest BCUT2D eigenvalue weighted by molar-refractivity contribution is 0.0382. The molecule has 9 nitrogen and oxygen atoms in total. The molecule has 2 aromatic rings. The van der Waals surface area contributed by atoms with E-state index < -0.39 is 33.9 Å². The summed E-state index contributed by atoms with van der Waals surface area (Å²) in [5, 5.41) is 10.1. The van der Waals surface area contributed by atoms with Crippen LogP contribution in [-0.4, -0.2) is 53.3 Å². The van der Waals surface area contributed by atoms with E-state index in [9.17, 15) is 23.1 Å². The second-order valence-electron chi connectivity index (χ2n) is 7.55. The monoisotopic (exact) mass is 410 g/mol. The number of carboxylic acid groups (broad SMARTS) is 1. The topological polar surface area (TPSA) is 115 Å². The van der Waals surface area contributed by atoms with Gasteiger partial charge in [0.15, 0.2) is 0 Å². The van der Waals surface area contributed by atoms with Crippen molar-refractivity contribution in [3.63, 3.8) is 0 Å².